The summed E-state index contributed by atoms with van der Waals surface area (Å²) in [4.78, 5) is 25.3. The van der Waals surface area contributed by atoms with Gasteiger partial charge in [0.25, 0.3) is 5.91 Å². The third-order valence-corrected chi connectivity index (χ3v) is 4.48. The van der Waals surface area contributed by atoms with E-state index in [9.17, 15) is 22.8 Å². The molecule has 6 nitrogen and oxygen atoms in total. The zero-order chi connectivity index (χ0) is 21.0. The molecule has 0 radical (unpaired) electrons. The van der Waals surface area contributed by atoms with Crippen LogP contribution in [0.15, 0.2) is 42.5 Å². The van der Waals surface area contributed by atoms with Gasteiger partial charge in [0.1, 0.15) is 6.07 Å². The molecule has 0 unspecified atom stereocenters. The van der Waals surface area contributed by atoms with E-state index in [4.69, 9.17) is 5.26 Å². The first-order valence-electron chi connectivity index (χ1n) is 8.78. The minimum atomic E-state index is -4.51. The molecular weight excluding hydrogens is 385 g/mol. The van der Waals surface area contributed by atoms with Gasteiger partial charge in [0, 0.05) is 25.2 Å². The van der Waals surface area contributed by atoms with Crippen LogP contribution in [-0.2, 0) is 17.5 Å². The van der Waals surface area contributed by atoms with Gasteiger partial charge in [-0.2, -0.15) is 18.4 Å². The smallest absolute Gasteiger partial charge is 0.380 e. The highest BCUT2D eigenvalue weighted by Gasteiger charge is 2.31. The monoisotopic (exact) mass is 402 g/mol. The largest absolute Gasteiger partial charge is 0.416 e. The van der Waals surface area contributed by atoms with E-state index < -0.39 is 11.7 Å². The number of alkyl halides is 3. The van der Waals surface area contributed by atoms with Crippen molar-refractivity contribution in [3.05, 3.63) is 64.7 Å². The number of anilines is 1. The van der Waals surface area contributed by atoms with Gasteiger partial charge in [0.2, 0.25) is 5.91 Å². The predicted octanol–water partition coefficient (Wildman–Crippen LogP) is 2.76. The highest BCUT2D eigenvalue weighted by molar-refractivity contribution is 5.97. The summed E-state index contributed by atoms with van der Waals surface area (Å²) in [5.74, 6) is -0.441. The van der Waals surface area contributed by atoms with E-state index >= 15 is 0 Å². The molecule has 3 rings (SSSR count). The Labute approximate surface area is 164 Å². The third-order valence-electron chi connectivity index (χ3n) is 4.48. The standard InChI is InChI=1S/C20H17F3N4O2/c21-20(22,23)16-5-6-17(15(9-16)10-24)26-11-13-1-3-14(4-2-13)19(29)27-8-7-25-18(28)12-27/h1-6,9,26H,7-8,11-12H2,(H,25,28). The summed E-state index contributed by atoms with van der Waals surface area (Å²) in [5, 5.41) is 14.7. The first-order valence-corrected chi connectivity index (χ1v) is 8.78. The van der Waals surface area contributed by atoms with Crippen LogP contribution < -0.4 is 10.6 Å². The van der Waals surface area contributed by atoms with Crippen molar-refractivity contribution in [2.45, 2.75) is 12.7 Å². The van der Waals surface area contributed by atoms with Gasteiger partial charge in [0.15, 0.2) is 0 Å². The van der Waals surface area contributed by atoms with Crippen LogP contribution in [0.2, 0.25) is 0 Å². The molecule has 29 heavy (non-hydrogen) atoms. The minimum absolute atomic E-state index is 0.0208. The molecule has 0 bridgehead atoms. The topological polar surface area (TPSA) is 85.2 Å². The van der Waals surface area contributed by atoms with Crippen molar-refractivity contribution in [1.82, 2.24) is 10.2 Å². The summed E-state index contributed by atoms with van der Waals surface area (Å²) in [6.07, 6.45) is -4.51. The fraction of sp³-hybridized carbons (Fsp3) is 0.250. The van der Waals surface area contributed by atoms with E-state index in [1.807, 2.05) is 0 Å². The second kappa shape index (κ2) is 8.22. The molecule has 1 aliphatic rings. The molecule has 1 fully saturated rings. The number of hydrogen-bond donors (Lipinski definition) is 2. The van der Waals surface area contributed by atoms with E-state index in [2.05, 4.69) is 10.6 Å². The Morgan fingerprint density at radius 2 is 1.93 bits per heavy atom. The fourth-order valence-electron chi connectivity index (χ4n) is 2.92. The number of carbonyl (C=O) groups excluding carboxylic acids is 2. The van der Waals surface area contributed by atoms with Crippen LogP contribution in [0.3, 0.4) is 0 Å². The molecule has 1 heterocycles. The molecule has 2 aromatic rings. The maximum Gasteiger partial charge on any atom is 0.416 e. The summed E-state index contributed by atoms with van der Waals surface area (Å²) < 4.78 is 38.3. The van der Waals surface area contributed by atoms with Crippen molar-refractivity contribution in [1.29, 1.82) is 5.26 Å². The fourth-order valence-corrected chi connectivity index (χ4v) is 2.92. The van der Waals surface area contributed by atoms with Gasteiger partial charge in [-0.15, -0.1) is 0 Å². The summed E-state index contributed by atoms with van der Waals surface area (Å²) in [6, 6.07) is 11.4. The quantitative estimate of drug-likeness (QED) is 0.824. The Balaban J connectivity index is 1.65. The molecule has 0 aromatic heterocycles. The number of piperazine rings is 1. The number of hydrogen-bond acceptors (Lipinski definition) is 4. The number of nitrogens with zero attached hydrogens (tertiary/aromatic N) is 2. The SMILES string of the molecule is N#Cc1cc(C(F)(F)F)ccc1NCc1ccc(C(=O)N2CCNC(=O)C2)cc1. The summed E-state index contributed by atoms with van der Waals surface area (Å²) >= 11 is 0. The summed E-state index contributed by atoms with van der Waals surface area (Å²) in [5.41, 5.74) is 0.529. The van der Waals surface area contributed by atoms with Gasteiger partial charge in [-0.1, -0.05) is 12.1 Å². The average molecular weight is 402 g/mol. The molecule has 0 aliphatic carbocycles. The number of amides is 2. The van der Waals surface area contributed by atoms with E-state index in [1.54, 1.807) is 30.3 Å². The summed E-state index contributed by atoms with van der Waals surface area (Å²) in [7, 11) is 0. The second-order valence-corrected chi connectivity index (χ2v) is 6.50. The number of nitrogens with one attached hydrogen (secondary N) is 2. The Morgan fingerprint density at radius 1 is 1.21 bits per heavy atom. The lowest BCUT2D eigenvalue weighted by Gasteiger charge is -2.26. The molecular formula is C20H17F3N4O2. The Hall–Kier alpha value is -3.54. The number of rotatable bonds is 4. The molecule has 2 amide bonds. The molecule has 2 N–H and O–H groups in total. The molecule has 150 valence electrons. The second-order valence-electron chi connectivity index (χ2n) is 6.50. The molecule has 9 heteroatoms. The van der Waals surface area contributed by atoms with Crippen molar-refractivity contribution in [3.63, 3.8) is 0 Å². The number of carbonyl (C=O) groups is 2. The first-order chi connectivity index (χ1) is 13.8. The molecule has 2 aromatic carbocycles. The zero-order valence-electron chi connectivity index (χ0n) is 15.2. The third kappa shape index (κ3) is 4.85. The Bertz CT molecular complexity index is 965. The molecule has 1 saturated heterocycles. The Kier molecular flexibility index (Phi) is 5.73. The summed E-state index contributed by atoms with van der Waals surface area (Å²) in [6.45, 7) is 1.15. The van der Waals surface area contributed by atoms with E-state index in [1.165, 1.54) is 11.0 Å². The number of halogens is 3. The van der Waals surface area contributed by atoms with Crippen LogP contribution in [0.25, 0.3) is 0 Å². The van der Waals surface area contributed by atoms with Crippen LogP contribution >= 0.6 is 0 Å². The van der Waals surface area contributed by atoms with Gasteiger partial charge in [-0.25, -0.2) is 0 Å². The zero-order valence-corrected chi connectivity index (χ0v) is 15.2. The maximum absolute atomic E-state index is 12.8. The van der Waals surface area contributed by atoms with Crippen molar-refractivity contribution in [2.75, 3.05) is 25.0 Å². The van der Waals surface area contributed by atoms with Crippen LogP contribution in [0, 0.1) is 11.3 Å². The Morgan fingerprint density at radius 3 is 2.55 bits per heavy atom. The number of benzene rings is 2. The van der Waals surface area contributed by atoms with Gasteiger partial charge in [-0.05, 0) is 35.9 Å². The normalized spacial score (nSPS) is 14.1. The van der Waals surface area contributed by atoms with E-state index in [-0.39, 0.29) is 30.5 Å². The van der Waals surface area contributed by atoms with E-state index in [0.717, 1.165) is 17.7 Å². The van der Waals surface area contributed by atoms with Gasteiger partial charge >= 0.3 is 6.18 Å². The van der Waals surface area contributed by atoms with Crippen LogP contribution in [-0.4, -0.2) is 36.3 Å². The minimum Gasteiger partial charge on any atom is -0.380 e. The van der Waals surface area contributed by atoms with Gasteiger partial charge in [-0.3, -0.25) is 9.59 Å². The molecule has 0 atom stereocenters. The first kappa shape index (κ1) is 20.2. The van der Waals surface area contributed by atoms with Crippen molar-refractivity contribution >= 4 is 17.5 Å². The maximum atomic E-state index is 12.8. The molecule has 1 aliphatic heterocycles. The average Bonchev–Trinajstić information content (AvgIpc) is 2.71. The lowest BCUT2D eigenvalue weighted by Crippen LogP contribution is -2.49. The van der Waals surface area contributed by atoms with Crippen LogP contribution in [0.4, 0.5) is 18.9 Å². The lowest BCUT2D eigenvalue weighted by molar-refractivity contribution is -0.137. The predicted molar refractivity (Wildman–Crippen MR) is 98.8 cm³/mol. The molecule has 0 saturated carbocycles. The van der Waals surface area contributed by atoms with Crippen molar-refractivity contribution in [3.8, 4) is 6.07 Å². The lowest BCUT2D eigenvalue weighted by atomic mass is 10.1. The van der Waals surface area contributed by atoms with Crippen LogP contribution in [0.5, 0.6) is 0 Å². The van der Waals surface area contributed by atoms with Crippen molar-refractivity contribution in [2.24, 2.45) is 0 Å². The highest BCUT2D eigenvalue weighted by atomic mass is 19.4. The van der Waals surface area contributed by atoms with Crippen LogP contribution in [0.1, 0.15) is 27.0 Å². The molecule has 0 spiro atoms. The van der Waals surface area contributed by atoms with Gasteiger partial charge in [0.05, 0.1) is 23.4 Å². The van der Waals surface area contributed by atoms with Gasteiger partial charge < -0.3 is 15.5 Å². The van der Waals surface area contributed by atoms with Crippen molar-refractivity contribution < 1.29 is 22.8 Å². The van der Waals surface area contributed by atoms with E-state index in [0.29, 0.717) is 24.3 Å². The highest BCUT2D eigenvalue weighted by Crippen LogP contribution is 2.31. The number of nitriles is 1.